The van der Waals surface area contributed by atoms with Gasteiger partial charge in [0.2, 0.25) is 5.89 Å². The first kappa shape index (κ1) is 20.5. The Morgan fingerprint density at radius 1 is 1.25 bits per heavy atom. The third kappa shape index (κ3) is 5.87. The number of oxazole rings is 1. The summed E-state index contributed by atoms with van der Waals surface area (Å²) in [6.45, 7) is 2.66. The van der Waals surface area contributed by atoms with Crippen LogP contribution in [0.1, 0.15) is 50.0 Å². The molecule has 0 radical (unpaired) electrons. The zero-order valence-corrected chi connectivity index (χ0v) is 16.0. The lowest BCUT2D eigenvalue weighted by Crippen LogP contribution is -2.28. The minimum Gasteiger partial charge on any atom is -0.481 e. The number of aromatic nitrogens is 1. The van der Waals surface area contributed by atoms with E-state index in [0.29, 0.717) is 31.3 Å². The lowest BCUT2D eigenvalue weighted by atomic mass is 9.95. The van der Waals surface area contributed by atoms with E-state index < -0.39 is 5.97 Å². The summed E-state index contributed by atoms with van der Waals surface area (Å²) in [5.41, 5.74) is 1.46. The largest absolute Gasteiger partial charge is 0.481 e. The molecular weight excluding hydrogens is 365 g/mol. The van der Waals surface area contributed by atoms with Gasteiger partial charge in [-0.25, -0.2) is 9.37 Å². The van der Waals surface area contributed by atoms with Crippen LogP contribution in [0.2, 0.25) is 0 Å². The number of hydrogen-bond acceptors (Lipinski definition) is 5. The topological polar surface area (TPSA) is 81.8 Å². The van der Waals surface area contributed by atoms with Crippen molar-refractivity contribution >= 4 is 5.97 Å². The average Bonchev–Trinajstić information content (AvgIpc) is 3.05. The molecule has 3 rings (SSSR count). The zero-order valence-electron chi connectivity index (χ0n) is 16.0. The second-order valence-corrected chi connectivity index (χ2v) is 7.12. The molecule has 0 bridgehead atoms. The Morgan fingerprint density at radius 2 is 1.96 bits per heavy atom. The summed E-state index contributed by atoms with van der Waals surface area (Å²) in [5, 5.41) is 8.67. The van der Waals surface area contributed by atoms with Crippen LogP contribution < -0.4 is 0 Å². The number of nitrogens with zero attached hydrogens (tertiary/aromatic N) is 1. The molecule has 1 aliphatic rings. The molecule has 0 saturated heterocycles. The first-order valence-electron chi connectivity index (χ1n) is 9.68. The molecule has 2 atom stereocenters. The Balaban J connectivity index is 1.48. The summed E-state index contributed by atoms with van der Waals surface area (Å²) < 4.78 is 30.6. The van der Waals surface area contributed by atoms with Crippen LogP contribution in [0.5, 0.6) is 0 Å². The van der Waals surface area contributed by atoms with Crippen LogP contribution in [0, 0.1) is 12.7 Å². The van der Waals surface area contributed by atoms with Crippen molar-refractivity contribution in [2.45, 2.75) is 64.3 Å². The molecule has 1 heterocycles. The Bertz CT molecular complexity index is 774. The van der Waals surface area contributed by atoms with E-state index in [2.05, 4.69) is 4.98 Å². The highest BCUT2D eigenvalue weighted by Gasteiger charge is 2.24. The van der Waals surface area contributed by atoms with E-state index in [4.69, 9.17) is 19.0 Å². The van der Waals surface area contributed by atoms with Crippen molar-refractivity contribution in [3.63, 3.8) is 0 Å². The highest BCUT2D eigenvalue weighted by Crippen LogP contribution is 2.26. The number of ether oxygens (including phenoxy) is 2. The number of halogens is 1. The maximum absolute atomic E-state index is 13.1. The van der Waals surface area contributed by atoms with Gasteiger partial charge < -0.3 is 19.0 Å². The highest BCUT2D eigenvalue weighted by atomic mass is 19.1. The molecule has 1 aromatic heterocycles. The van der Waals surface area contributed by atoms with Crippen molar-refractivity contribution in [3.8, 4) is 11.5 Å². The van der Waals surface area contributed by atoms with Gasteiger partial charge in [-0.2, -0.15) is 0 Å². The van der Waals surface area contributed by atoms with Crippen LogP contribution in [-0.4, -0.2) is 34.9 Å². The molecule has 0 unspecified atom stereocenters. The lowest BCUT2D eigenvalue weighted by molar-refractivity contribution is -0.137. The van der Waals surface area contributed by atoms with E-state index in [1.807, 2.05) is 6.92 Å². The molecular formula is C21H26FNO5. The molecule has 7 heteroatoms. The maximum Gasteiger partial charge on any atom is 0.303 e. The van der Waals surface area contributed by atoms with Crippen LogP contribution in [0.3, 0.4) is 0 Å². The van der Waals surface area contributed by atoms with Gasteiger partial charge in [-0.1, -0.05) is 0 Å². The third-order valence-electron chi connectivity index (χ3n) is 4.91. The monoisotopic (exact) mass is 391 g/mol. The van der Waals surface area contributed by atoms with Gasteiger partial charge in [0.1, 0.15) is 17.3 Å². The predicted molar refractivity (Wildman–Crippen MR) is 100 cm³/mol. The van der Waals surface area contributed by atoms with E-state index in [-0.39, 0.29) is 24.4 Å². The van der Waals surface area contributed by atoms with Crippen LogP contribution in [0.4, 0.5) is 4.39 Å². The van der Waals surface area contributed by atoms with Crippen LogP contribution >= 0.6 is 0 Å². The smallest absolute Gasteiger partial charge is 0.303 e. The van der Waals surface area contributed by atoms with Gasteiger partial charge >= 0.3 is 5.97 Å². The normalized spacial score (nSPS) is 19.6. The van der Waals surface area contributed by atoms with Crippen molar-refractivity contribution in [1.82, 2.24) is 4.98 Å². The van der Waals surface area contributed by atoms with Gasteiger partial charge in [-0.05, 0) is 63.3 Å². The Labute approximate surface area is 163 Å². The number of carboxylic acid groups (broad SMARTS) is 1. The van der Waals surface area contributed by atoms with Crippen molar-refractivity contribution < 1.29 is 28.2 Å². The Hall–Kier alpha value is -2.25. The summed E-state index contributed by atoms with van der Waals surface area (Å²) in [4.78, 5) is 15.0. The van der Waals surface area contributed by atoms with E-state index in [1.165, 1.54) is 12.1 Å². The van der Waals surface area contributed by atoms with Crippen molar-refractivity contribution in [2.75, 3.05) is 6.61 Å². The van der Waals surface area contributed by atoms with Gasteiger partial charge in [0.25, 0.3) is 0 Å². The summed E-state index contributed by atoms with van der Waals surface area (Å²) >= 11 is 0. The van der Waals surface area contributed by atoms with E-state index in [0.717, 1.165) is 36.9 Å². The molecule has 0 amide bonds. The van der Waals surface area contributed by atoms with Gasteiger partial charge in [0.05, 0.1) is 18.8 Å². The van der Waals surface area contributed by atoms with Gasteiger partial charge in [0.15, 0.2) is 0 Å². The molecule has 0 aliphatic heterocycles. The predicted octanol–water partition coefficient (Wildman–Crippen LogP) is 4.50. The fourth-order valence-corrected chi connectivity index (χ4v) is 3.35. The molecule has 1 N–H and O–H groups in total. The van der Waals surface area contributed by atoms with Gasteiger partial charge in [-0.15, -0.1) is 0 Å². The Morgan fingerprint density at radius 3 is 2.68 bits per heavy atom. The lowest BCUT2D eigenvalue weighted by Gasteiger charge is -2.29. The fraction of sp³-hybridized carbons (Fsp3) is 0.524. The minimum absolute atomic E-state index is 0.0867. The maximum atomic E-state index is 13.1. The minimum atomic E-state index is -0.795. The SMILES string of the molecule is Cc1oc(-c2ccc(F)cc2)nc1CO[C@H]1CCC[C@@H](OCCCC(=O)O)C1. The van der Waals surface area contributed by atoms with Gasteiger partial charge in [-0.3, -0.25) is 4.79 Å². The van der Waals surface area contributed by atoms with Crippen molar-refractivity contribution in [1.29, 1.82) is 0 Å². The molecule has 1 aromatic carbocycles. The molecule has 28 heavy (non-hydrogen) atoms. The first-order chi connectivity index (χ1) is 13.5. The number of rotatable bonds is 9. The van der Waals surface area contributed by atoms with E-state index in [9.17, 15) is 9.18 Å². The fourth-order valence-electron chi connectivity index (χ4n) is 3.35. The molecule has 1 aliphatic carbocycles. The standard InChI is InChI=1S/C21H26FNO5/c1-14-19(23-21(28-14)15-7-9-16(22)10-8-15)13-27-18-5-2-4-17(12-18)26-11-3-6-20(24)25/h7-10,17-18H,2-6,11-13H2,1H3,(H,24,25)/t17-,18+/m1/s1. The van der Waals surface area contributed by atoms with Gasteiger partial charge in [0, 0.05) is 18.6 Å². The van der Waals surface area contributed by atoms with E-state index >= 15 is 0 Å². The highest BCUT2D eigenvalue weighted by molar-refractivity contribution is 5.66. The zero-order chi connectivity index (χ0) is 19.9. The number of benzene rings is 1. The number of aliphatic carboxylic acids is 1. The van der Waals surface area contributed by atoms with Crippen molar-refractivity contribution in [3.05, 3.63) is 41.5 Å². The average molecular weight is 391 g/mol. The molecule has 1 saturated carbocycles. The van der Waals surface area contributed by atoms with Crippen LogP contribution in [0.25, 0.3) is 11.5 Å². The molecule has 6 nitrogen and oxygen atoms in total. The number of hydrogen-bond donors (Lipinski definition) is 1. The summed E-state index contributed by atoms with van der Waals surface area (Å²) in [5.74, 6) is 0.0556. The number of carbonyl (C=O) groups is 1. The molecule has 2 aromatic rings. The first-order valence-corrected chi connectivity index (χ1v) is 9.68. The quantitative estimate of drug-likeness (QED) is 0.634. The van der Waals surface area contributed by atoms with Crippen LogP contribution in [-0.2, 0) is 20.9 Å². The molecule has 1 fully saturated rings. The van der Waals surface area contributed by atoms with Crippen LogP contribution in [0.15, 0.2) is 28.7 Å². The molecule has 0 spiro atoms. The summed E-state index contributed by atoms with van der Waals surface area (Å²) in [6, 6.07) is 6.03. The van der Waals surface area contributed by atoms with E-state index in [1.54, 1.807) is 12.1 Å². The van der Waals surface area contributed by atoms with Crippen molar-refractivity contribution in [2.24, 2.45) is 0 Å². The number of aryl methyl sites for hydroxylation is 1. The molecule has 152 valence electrons. The second kappa shape index (κ2) is 9.80. The summed E-state index contributed by atoms with van der Waals surface area (Å²) in [6.07, 6.45) is 4.63. The Kier molecular flexibility index (Phi) is 7.17. The third-order valence-corrected chi connectivity index (χ3v) is 4.91. The number of carboxylic acids is 1. The summed E-state index contributed by atoms with van der Waals surface area (Å²) in [7, 11) is 0. The second-order valence-electron chi connectivity index (χ2n) is 7.12.